The number of aliphatic hydroxyl groups excluding tert-OH is 1. The number of benzene rings is 1. The van der Waals surface area contributed by atoms with Crippen LogP contribution in [-0.4, -0.2) is 10.1 Å². The summed E-state index contributed by atoms with van der Waals surface area (Å²) in [5.74, 6) is 0. The van der Waals surface area contributed by atoms with Crippen LogP contribution in [0, 0.1) is 13.8 Å². The van der Waals surface area contributed by atoms with E-state index in [-0.39, 0.29) is 0 Å². The van der Waals surface area contributed by atoms with E-state index in [0.29, 0.717) is 11.4 Å². The predicted molar refractivity (Wildman–Crippen MR) is 73.8 cm³/mol. The van der Waals surface area contributed by atoms with E-state index in [1.807, 2.05) is 44.3 Å². The first kappa shape index (κ1) is 13.1. The molecule has 1 N–H and O–H groups in total. The lowest BCUT2D eigenvalue weighted by Crippen LogP contribution is -2.03. The molecule has 1 heterocycles. The van der Waals surface area contributed by atoms with Gasteiger partial charge in [0.2, 0.25) is 0 Å². The zero-order valence-corrected chi connectivity index (χ0v) is 11.3. The van der Waals surface area contributed by atoms with Gasteiger partial charge in [-0.25, -0.2) is 0 Å². The standard InChI is InChI=1S/C15H16ClNO/c1-10-3-4-14(17-9-10)8-15(18)12-5-11(2)6-13(16)7-12/h3-7,9,15,18H,8H2,1-2H3. The van der Waals surface area contributed by atoms with Gasteiger partial charge in [-0.05, 0) is 48.7 Å². The summed E-state index contributed by atoms with van der Waals surface area (Å²) in [5, 5.41) is 10.8. The Hall–Kier alpha value is -1.38. The Balaban J connectivity index is 2.16. The second kappa shape index (κ2) is 5.51. The number of aliphatic hydroxyl groups is 1. The van der Waals surface area contributed by atoms with Gasteiger partial charge in [0.1, 0.15) is 0 Å². The third-order valence-electron chi connectivity index (χ3n) is 2.82. The van der Waals surface area contributed by atoms with Gasteiger partial charge in [0, 0.05) is 23.3 Å². The molecule has 1 atom stereocenters. The van der Waals surface area contributed by atoms with Crippen LogP contribution in [0.15, 0.2) is 36.5 Å². The molecule has 0 spiro atoms. The highest BCUT2D eigenvalue weighted by molar-refractivity contribution is 6.30. The average molecular weight is 262 g/mol. The summed E-state index contributed by atoms with van der Waals surface area (Å²) in [6, 6.07) is 9.56. The summed E-state index contributed by atoms with van der Waals surface area (Å²) in [5.41, 5.74) is 3.88. The maximum absolute atomic E-state index is 10.2. The fourth-order valence-corrected chi connectivity index (χ4v) is 2.19. The normalized spacial score (nSPS) is 12.4. The number of aromatic nitrogens is 1. The van der Waals surface area contributed by atoms with Crippen molar-refractivity contribution in [3.8, 4) is 0 Å². The van der Waals surface area contributed by atoms with Crippen molar-refractivity contribution in [2.75, 3.05) is 0 Å². The van der Waals surface area contributed by atoms with E-state index >= 15 is 0 Å². The molecule has 0 aliphatic carbocycles. The number of rotatable bonds is 3. The molecule has 0 amide bonds. The molecular formula is C15H16ClNO. The van der Waals surface area contributed by atoms with E-state index in [4.69, 9.17) is 11.6 Å². The van der Waals surface area contributed by atoms with Crippen molar-refractivity contribution in [3.63, 3.8) is 0 Å². The number of nitrogens with zero attached hydrogens (tertiary/aromatic N) is 1. The lowest BCUT2D eigenvalue weighted by molar-refractivity contribution is 0.177. The van der Waals surface area contributed by atoms with Crippen molar-refractivity contribution in [2.24, 2.45) is 0 Å². The van der Waals surface area contributed by atoms with Crippen LogP contribution in [0.25, 0.3) is 0 Å². The molecule has 1 aromatic carbocycles. The Labute approximate surface area is 112 Å². The summed E-state index contributed by atoms with van der Waals surface area (Å²) in [6.07, 6.45) is 1.74. The lowest BCUT2D eigenvalue weighted by Gasteiger charge is -2.12. The molecule has 2 nitrogen and oxygen atoms in total. The van der Waals surface area contributed by atoms with Crippen molar-refractivity contribution in [2.45, 2.75) is 26.4 Å². The zero-order chi connectivity index (χ0) is 13.1. The number of aryl methyl sites for hydroxylation is 2. The highest BCUT2D eigenvalue weighted by atomic mass is 35.5. The van der Waals surface area contributed by atoms with Gasteiger partial charge < -0.3 is 5.11 Å². The van der Waals surface area contributed by atoms with Crippen LogP contribution in [0.2, 0.25) is 5.02 Å². The third kappa shape index (κ3) is 3.31. The molecular weight excluding hydrogens is 246 g/mol. The van der Waals surface area contributed by atoms with Crippen LogP contribution < -0.4 is 0 Å². The van der Waals surface area contributed by atoms with Crippen molar-refractivity contribution in [1.29, 1.82) is 0 Å². The summed E-state index contributed by atoms with van der Waals surface area (Å²) in [7, 11) is 0. The first-order chi connectivity index (χ1) is 8.54. The molecule has 1 unspecified atom stereocenters. The minimum Gasteiger partial charge on any atom is -0.388 e. The molecule has 0 saturated heterocycles. The van der Waals surface area contributed by atoms with Crippen molar-refractivity contribution in [3.05, 3.63) is 63.9 Å². The van der Waals surface area contributed by atoms with Crippen molar-refractivity contribution < 1.29 is 5.11 Å². The van der Waals surface area contributed by atoms with Gasteiger partial charge in [-0.3, -0.25) is 4.98 Å². The van der Waals surface area contributed by atoms with E-state index in [0.717, 1.165) is 22.4 Å². The number of hydrogen-bond acceptors (Lipinski definition) is 2. The Morgan fingerprint density at radius 3 is 2.56 bits per heavy atom. The van der Waals surface area contributed by atoms with E-state index in [2.05, 4.69) is 4.98 Å². The van der Waals surface area contributed by atoms with E-state index < -0.39 is 6.10 Å². The lowest BCUT2D eigenvalue weighted by atomic mass is 10.0. The molecule has 2 rings (SSSR count). The molecule has 0 radical (unpaired) electrons. The van der Waals surface area contributed by atoms with E-state index in [1.165, 1.54) is 0 Å². The molecule has 0 fully saturated rings. The van der Waals surface area contributed by atoms with Gasteiger partial charge in [0.15, 0.2) is 0 Å². The Kier molecular flexibility index (Phi) is 4.00. The number of halogens is 1. The molecule has 0 aliphatic rings. The monoisotopic (exact) mass is 261 g/mol. The first-order valence-corrected chi connectivity index (χ1v) is 6.29. The molecule has 18 heavy (non-hydrogen) atoms. The van der Waals surface area contributed by atoms with E-state index in [9.17, 15) is 5.11 Å². The number of hydrogen-bond donors (Lipinski definition) is 1. The second-order valence-corrected chi connectivity index (χ2v) is 5.05. The Morgan fingerprint density at radius 1 is 1.17 bits per heavy atom. The minimum absolute atomic E-state index is 0.500. The van der Waals surface area contributed by atoms with Crippen molar-refractivity contribution in [1.82, 2.24) is 4.98 Å². The fraction of sp³-hybridized carbons (Fsp3) is 0.267. The van der Waals surface area contributed by atoms with Crippen molar-refractivity contribution >= 4 is 11.6 Å². The molecule has 0 saturated carbocycles. The molecule has 3 heteroatoms. The molecule has 1 aromatic heterocycles. The maximum atomic E-state index is 10.2. The highest BCUT2D eigenvalue weighted by Gasteiger charge is 2.10. The molecule has 2 aromatic rings. The summed E-state index contributed by atoms with van der Waals surface area (Å²) < 4.78 is 0. The quantitative estimate of drug-likeness (QED) is 0.915. The van der Waals surface area contributed by atoms with Crippen LogP contribution in [0.1, 0.15) is 28.5 Å². The second-order valence-electron chi connectivity index (χ2n) is 4.61. The van der Waals surface area contributed by atoms with Crippen LogP contribution in [0.4, 0.5) is 0 Å². The van der Waals surface area contributed by atoms with Gasteiger partial charge in [0.05, 0.1) is 6.10 Å². The van der Waals surface area contributed by atoms with Gasteiger partial charge >= 0.3 is 0 Å². The minimum atomic E-state index is -0.572. The van der Waals surface area contributed by atoms with Gasteiger partial charge in [-0.2, -0.15) is 0 Å². The van der Waals surface area contributed by atoms with Crippen LogP contribution in [0.3, 0.4) is 0 Å². The average Bonchev–Trinajstić information content (AvgIpc) is 2.31. The first-order valence-electron chi connectivity index (χ1n) is 5.91. The Morgan fingerprint density at radius 2 is 1.94 bits per heavy atom. The largest absolute Gasteiger partial charge is 0.388 e. The van der Waals surface area contributed by atoms with Gasteiger partial charge in [-0.15, -0.1) is 0 Å². The van der Waals surface area contributed by atoms with Crippen LogP contribution in [-0.2, 0) is 6.42 Å². The van der Waals surface area contributed by atoms with E-state index in [1.54, 1.807) is 6.07 Å². The number of pyridine rings is 1. The van der Waals surface area contributed by atoms with Crippen LogP contribution in [0.5, 0.6) is 0 Å². The predicted octanol–water partition coefficient (Wildman–Crippen LogP) is 3.63. The summed E-state index contributed by atoms with van der Waals surface area (Å²) in [4.78, 5) is 4.30. The smallest absolute Gasteiger partial charge is 0.0846 e. The third-order valence-corrected chi connectivity index (χ3v) is 3.04. The maximum Gasteiger partial charge on any atom is 0.0846 e. The van der Waals surface area contributed by atoms with Crippen LogP contribution >= 0.6 is 11.6 Å². The molecule has 94 valence electrons. The zero-order valence-electron chi connectivity index (χ0n) is 10.5. The SMILES string of the molecule is Cc1ccc(CC(O)c2cc(C)cc(Cl)c2)nc1. The summed E-state index contributed by atoms with van der Waals surface area (Å²) >= 11 is 5.99. The fourth-order valence-electron chi connectivity index (χ4n) is 1.89. The molecule has 0 bridgehead atoms. The Bertz CT molecular complexity index is 516. The van der Waals surface area contributed by atoms with Gasteiger partial charge in [-0.1, -0.05) is 23.7 Å². The topological polar surface area (TPSA) is 33.1 Å². The molecule has 0 aliphatic heterocycles. The highest BCUT2D eigenvalue weighted by Crippen LogP contribution is 2.22. The summed E-state index contributed by atoms with van der Waals surface area (Å²) in [6.45, 7) is 3.96. The van der Waals surface area contributed by atoms with Gasteiger partial charge in [0.25, 0.3) is 0 Å².